The van der Waals surface area contributed by atoms with Crippen molar-refractivity contribution in [3.05, 3.63) is 70.5 Å². The number of ether oxygens (including phenoxy) is 1. The van der Waals surface area contributed by atoms with Crippen molar-refractivity contribution < 1.29 is 4.74 Å². The van der Waals surface area contributed by atoms with Crippen LogP contribution in [0.15, 0.2) is 59.2 Å². The van der Waals surface area contributed by atoms with E-state index < -0.39 is 0 Å². The second-order valence-electron chi connectivity index (χ2n) is 4.65. The number of halogens is 1. The van der Waals surface area contributed by atoms with Crippen LogP contribution in [0.2, 0.25) is 0 Å². The quantitative estimate of drug-likeness (QED) is 0.683. The third-order valence-corrected chi connectivity index (χ3v) is 4.13. The molecule has 2 aromatic carbocycles. The average molecular weight is 328 g/mol. The number of rotatable bonds is 3. The van der Waals surface area contributed by atoms with Crippen LogP contribution >= 0.6 is 15.9 Å². The Morgan fingerprint density at radius 1 is 1.05 bits per heavy atom. The van der Waals surface area contributed by atoms with Crippen molar-refractivity contribution >= 4 is 26.7 Å². The van der Waals surface area contributed by atoms with Gasteiger partial charge in [-0.2, -0.15) is 0 Å². The topological polar surface area (TPSA) is 22.1 Å². The maximum Gasteiger partial charge on any atom is 0.134 e. The highest BCUT2D eigenvalue weighted by atomic mass is 79.9. The fourth-order valence-electron chi connectivity index (χ4n) is 2.14. The lowest BCUT2D eigenvalue weighted by atomic mass is 10.1. The van der Waals surface area contributed by atoms with Gasteiger partial charge in [0.1, 0.15) is 12.4 Å². The van der Waals surface area contributed by atoms with Crippen LogP contribution in [0.25, 0.3) is 10.8 Å². The van der Waals surface area contributed by atoms with Gasteiger partial charge in [0.15, 0.2) is 0 Å². The van der Waals surface area contributed by atoms with Crippen LogP contribution in [-0.4, -0.2) is 4.98 Å². The number of pyridine rings is 1. The van der Waals surface area contributed by atoms with Gasteiger partial charge >= 0.3 is 0 Å². The molecule has 1 heterocycles. The fraction of sp³-hybridized carbons (Fsp3) is 0.118. The number of hydrogen-bond acceptors (Lipinski definition) is 2. The van der Waals surface area contributed by atoms with Crippen LogP contribution in [0.3, 0.4) is 0 Å². The van der Waals surface area contributed by atoms with Gasteiger partial charge < -0.3 is 4.74 Å². The third kappa shape index (κ3) is 2.54. The SMILES string of the molecule is Cc1cccnc1COc1ccc2ccccc2c1Br. The average Bonchev–Trinajstić information content (AvgIpc) is 2.48. The smallest absolute Gasteiger partial charge is 0.134 e. The summed E-state index contributed by atoms with van der Waals surface area (Å²) in [6.07, 6.45) is 1.79. The van der Waals surface area contributed by atoms with E-state index in [-0.39, 0.29) is 0 Å². The highest BCUT2D eigenvalue weighted by Gasteiger charge is 2.07. The van der Waals surface area contributed by atoms with Crippen molar-refractivity contribution in [2.75, 3.05) is 0 Å². The normalized spacial score (nSPS) is 10.7. The molecule has 0 unspecified atom stereocenters. The van der Waals surface area contributed by atoms with E-state index >= 15 is 0 Å². The zero-order valence-corrected chi connectivity index (χ0v) is 12.7. The maximum atomic E-state index is 5.90. The lowest BCUT2D eigenvalue weighted by molar-refractivity contribution is 0.299. The molecule has 3 heteroatoms. The fourth-order valence-corrected chi connectivity index (χ4v) is 2.75. The van der Waals surface area contributed by atoms with E-state index in [1.807, 2.05) is 37.3 Å². The molecular formula is C17H14BrNO. The van der Waals surface area contributed by atoms with Crippen LogP contribution < -0.4 is 4.74 Å². The number of benzene rings is 2. The third-order valence-electron chi connectivity index (χ3n) is 3.31. The lowest BCUT2D eigenvalue weighted by Crippen LogP contribution is -2.00. The first-order chi connectivity index (χ1) is 9.75. The molecule has 0 atom stereocenters. The highest BCUT2D eigenvalue weighted by Crippen LogP contribution is 2.33. The molecular weight excluding hydrogens is 314 g/mol. The Bertz CT molecular complexity index is 755. The zero-order chi connectivity index (χ0) is 13.9. The Hall–Kier alpha value is -1.87. The number of fused-ring (bicyclic) bond motifs is 1. The van der Waals surface area contributed by atoms with Gasteiger partial charge in [-0.25, -0.2) is 0 Å². The van der Waals surface area contributed by atoms with Gasteiger partial charge in [-0.05, 0) is 51.3 Å². The Balaban J connectivity index is 1.88. The summed E-state index contributed by atoms with van der Waals surface area (Å²) in [5, 5.41) is 2.35. The van der Waals surface area contributed by atoms with Crippen LogP contribution in [0.5, 0.6) is 5.75 Å². The van der Waals surface area contributed by atoms with Crippen molar-refractivity contribution in [2.45, 2.75) is 13.5 Å². The van der Waals surface area contributed by atoms with Gasteiger partial charge in [-0.1, -0.05) is 36.4 Å². The molecule has 2 nitrogen and oxygen atoms in total. The van der Waals surface area contributed by atoms with E-state index in [4.69, 9.17) is 4.74 Å². The molecule has 0 saturated carbocycles. The van der Waals surface area contributed by atoms with E-state index in [2.05, 4.69) is 39.1 Å². The van der Waals surface area contributed by atoms with Crippen molar-refractivity contribution in [3.8, 4) is 5.75 Å². The minimum atomic E-state index is 0.476. The molecule has 0 aliphatic carbocycles. The first-order valence-corrected chi connectivity index (χ1v) is 7.25. The minimum absolute atomic E-state index is 0.476. The summed E-state index contributed by atoms with van der Waals surface area (Å²) in [6.45, 7) is 2.52. The molecule has 1 aromatic heterocycles. The van der Waals surface area contributed by atoms with Crippen LogP contribution in [0.4, 0.5) is 0 Å². The molecule has 0 bridgehead atoms. The van der Waals surface area contributed by atoms with Crippen molar-refractivity contribution in [1.82, 2.24) is 4.98 Å². The van der Waals surface area contributed by atoms with Crippen LogP contribution in [0.1, 0.15) is 11.3 Å². The minimum Gasteiger partial charge on any atom is -0.486 e. The van der Waals surface area contributed by atoms with Gasteiger partial charge in [-0.15, -0.1) is 0 Å². The number of aryl methyl sites for hydroxylation is 1. The summed E-state index contributed by atoms with van der Waals surface area (Å²) in [5.74, 6) is 0.841. The Morgan fingerprint density at radius 3 is 2.75 bits per heavy atom. The van der Waals surface area contributed by atoms with Gasteiger partial charge in [0.05, 0.1) is 10.2 Å². The summed E-state index contributed by atoms with van der Waals surface area (Å²) in [4.78, 5) is 4.35. The molecule has 0 N–H and O–H groups in total. The first kappa shape index (κ1) is 13.1. The molecule has 0 spiro atoms. The predicted octanol–water partition coefficient (Wildman–Crippen LogP) is 4.88. The van der Waals surface area contributed by atoms with Crippen LogP contribution in [-0.2, 0) is 6.61 Å². The van der Waals surface area contributed by atoms with Gasteiger partial charge in [-0.3, -0.25) is 4.98 Å². The van der Waals surface area contributed by atoms with E-state index in [9.17, 15) is 0 Å². The van der Waals surface area contributed by atoms with Gasteiger partial charge in [0, 0.05) is 6.20 Å². The second kappa shape index (κ2) is 5.63. The van der Waals surface area contributed by atoms with Gasteiger partial charge in [0.2, 0.25) is 0 Å². The maximum absolute atomic E-state index is 5.90. The van der Waals surface area contributed by atoms with E-state index in [0.29, 0.717) is 6.61 Å². The summed E-state index contributed by atoms with van der Waals surface area (Å²) in [6, 6.07) is 16.3. The summed E-state index contributed by atoms with van der Waals surface area (Å²) in [5.41, 5.74) is 2.11. The molecule has 0 saturated heterocycles. The van der Waals surface area contributed by atoms with Gasteiger partial charge in [0.25, 0.3) is 0 Å². The summed E-state index contributed by atoms with van der Waals surface area (Å²) >= 11 is 3.63. The lowest BCUT2D eigenvalue weighted by Gasteiger charge is -2.11. The van der Waals surface area contributed by atoms with Crippen LogP contribution in [0, 0.1) is 6.92 Å². The molecule has 0 radical (unpaired) electrons. The Morgan fingerprint density at radius 2 is 1.90 bits per heavy atom. The van der Waals surface area contributed by atoms with Crippen molar-refractivity contribution in [1.29, 1.82) is 0 Å². The standard InChI is InChI=1S/C17H14BrNO/c1-12-5-4-10-19-15(12)11-20-16-9-8-13-6-2-3-7-14(13)17(16)18/h2-10H,11H2,1H3. The predicted molar refractivity (Wildman–Crippen MR) is 85.0 cm³/mol. The monoisotopic (exact) mass is 327 g/mol. The molecule has 3 aromatic rings. The summed E-state index contributed by atoms with van der Waals surface area (Å²) < 4.78 is 6.89. The Labute approximate surface area is 126 Å². The first-order valence-electron chi connectivity index (χ1n) is 6.46. The number of aromatic nitrogens is 1. The largest absolute Gasteiger partial charge is 0.486 e. The number of nitrogens with zero attached hydrogens (tertiary/aromatic N) is 1. The van der Waals surface area contributed by atoms with Crippen molar-refractivity contribution in [3.63, 3.8) is 0 Å². The molecule has 100 valence electrons. The highest BCUT2D eigenvalue weighted by molar-refractivity contribution is 9.10. The molecule has 0 aliphatic rings. The van der Waals surface area contributed by atoms with E-state index in [0.717, 1.165) is 26.9 Å². The van der Waals surface area contributed by atoms with Crippen molar-refractivity contribution in [2.24, 2.45) is 0 Å². The van der Waals surface area contributed by atoms with E-state index in [1.165, 1.54) is 5.39 Å². The molecule has 3 rings (SSSR count). The number of hydrogen-bond donors (Lipinski definition) is 0. The molecule has 0 fully saturated rings. The second-order valence-corrected chi connectivity index (χ2v) is 5.45. The molecule has 0 amide bonds. The molecule has 20 heavy (non-hydrogen) atoms. The Kier molecular flexibility index (Phi) is 3.70. The zero-order valence-electron chi connectivity index (χ0n) is 11.1. The summed E-state index contributed by atoms with van der Waals surface area (Å²) in [7, 11) is 0. The molecule has 0 aliphatic heterocycles. The van der Waals surface area contributed by atoms with E-state index in [1.54, 1.807) is 6.20 Å².